The molecule has 0 saturated heterocycles. The number of hydrogen-bond donors (Lipinski definition) is 2. The van der Waals surface area contributed by atoms with Crippen molar-refractivity contribution in [2.45, 2.75) is 31.7 Å². The molecule has 1 aromatic carbocycles. The molecule has 0 saturated carbocycles. The molecule has 0 radical (unpaired) electrons. The number of rotatable bonds is 8. The summed E-state index contributed by atoms with van der Waals surface area (Å²) >= 11 is 1.71. The number of aliphatic hydroxyl groups is 1. The van der Waals surface area contributed by atoms with Crippen molar-refractivity contribution in [1.82, 2.24) is 4.72 Å². The van der Waals surface area contributed by atoms with Gasteiger partial charge in [0.15, 0.2) is 0 Å². The van der Waals surface area contributed by atoms with Gasteiger partial charge in [-0.25, -0.2) is 13.1 Å². The van der Waals surface area contributed by atoms with Gasteiger partial charge in [-0.1, -0.05) is 24.3 Å². The summed E-state index contributed by atoms with van der Waals surface area (Å²) in [5, 5.41) is 8.93. The maximum Gasteiger partial charge on any atom is 0.216 e. The number of hydrogen-bond acceptors (Lipinski definition) is 4. The first-order valence-corrected chi connectivity index (χ1v) is 9.19. The van der Waals surface area contributed by atoms with Crippen LogP contribution < -0.4 is 4.72 Å². The molecule has 1 atom stereocenters. The smallest absolute Gasteiger partial charge is 0.216 e. The molecule has 0 fully saturated rings. The third-order valence-corrected chi connectivity index (χ3v) is 4.82. The highest BCUT2D eigenvalue weighted by atomic mass is 32.2. The number of aliphatic hydroxyl groups excluding tert-OH is 1. The highest BCUT2D eigenvalue weighted by molar-refractivity contribution is 7.98. The first-order chi connectivity index (χ1) is 8.96. The molecule has 0 aromatic heterocycles. The maximum absolute atomic E-state index is 12.0. The lowest BCUT2D eigenvalue weighted by molar-refractivity contribution is 0.282. The number of benzene rings is 1. The second kappa shape index (κ2) is 7.89. The summed E-state index contributed by atoms with van der Waals surface area (Å²) in [6.07, 6.45) is 2.83. The second-order valence-electron chi connectivity index (χ2n) is 4.53. The lowest BCUT2D eigenvalue weighted by Crippen LogP contribution is -2.33. The first kappa shape index (κ1) is 16.5. The molecule has 0 amide bonds. The molecule has 6 heteroatoms. The van der Waals surface area contributed by atoms with Crippen LogP contribution in [0.2, 0.25) is 0 Å². The number of thioether (sulfide) groups is 1. The van der Waals surface area contributed by atoms with Crippen LogP contribution in [0.25, 0.3) is 0 Å². The largest absolute Gasteiger partial charge is 0.392 e. The standard InChI is InChI=1S/C13H21NO3S2/c1-11(7-8-18-2)14-19(16,17)10-13-5-3-12(9-15)4-6-13/h3-6,11,14-15H,7-10H2,1-2H3. The van der Waals surface area contributed by atoms with Crippen molar-refractivity contribution >= 4 is 21.8 Å². The molecule has 108 valence electrons. The highest BCUT2D eigenvalue weighted by Crippen LogP contribution is 2.09. The molecule has 0 heterocycles. The van der Waals surface area contributed by atoms with Gasteiger partial charge in [-0.3, -0.25) is 0 Å². The van der Waals surface area contributed by atoms with E-state index in [1.807, 2.05) is 13.2 Å². The van der Waals surface area contributed by atoms with E-state index in [9.17, 15) is 8.42 Å². The van der Waals surface area contributed by atoms with Gasteiger partial charge in [0.05, 0.1) is 12.4 Å². The maximum atomic E-state index is 12.0. The number of sulfonamides is 1. The normalized spacial score (nSPS) is 13.4. The van der Waals surface area contributed by atoms with Crippen LogP contribution in [-0.2, 0) is 22.4 Å². The van der Waals surface area contributed by atoms with Gasteiger partial charge in [0, 0.05) is 6.04 Å². The van der Waals surface area contributed by atoms with Crippen LogP contribution in [0.3, 0.4) is 0 Å². The van der Waals surface area contributed by atoms with Crippen molar-refractivity contribution < 1.29 is 13.5 Å². The summed E-state index contributed by atoms with van der Waals surface area (Å²) in [5.74, 6) is 0.914. The van der Waals surface area contributed by atoms with Crippen LogP contribution in [-0.4, -0.2) is 31.6 Å². The van der Waals surface area contributed by atoms with Crippen molar-refractivity contribution in [3.05, 3.63) is 35.4 Å². The molecule has 0 aliphatic carbocycles. The van der Waals surface area contributed by atoms with E-state index >= 15 is 0 Å². The highest BCUT2D eigenvalue weighted by Gasteiger charge is 2.14. The van der Waals surface area contributed by atoms with Crippen molar-refractivity contribution in [1.29, 1.82) is 0 Å². The lowest BCUT2D eigenvalue weighted by Gasteiger charge is -2.13. The van der Waals surface area contributed by atoms with E-state index in [0.29, 0.717) is 0 Å². The van der Waals surface area contributed by atoms with E-state index in [2.05, 4.69) is 4.72 Å². The Kier molecular flexibility index (Phi) is 6.85. The summed E-state index contributed by atoms with van der Waals surface area (Å²) in [6.45, 7) is 1.85. The molecule has 2 N–H and O–H groups in total. The average molecular weight is 303 g/mol. The van der Waals surface area contributed by atoms with Crippen LogP contribution in [0.1, 0.15) is 24.5 Å². The minimum absolute atomic E-state index is 0.0255. The van der Waals surface area contributed by atoms with Crippen molar-refractivity contribution in [3.63, 3.8) is 0 Å². The zero-order valence-electron chi connectivity index (χ0n) is 11.3. The minimum atomic E-state index is -3.31. The van der Waals surface area contributed by atoms with Crippen molar-refractivity contribution in [2.75, 3.05) is 12.0 Å². The monoisotopic (exact) mass is 303 g/mol. The molecular formula is C13H21NO3S2. The van der Waals surface area contributed by atoms with E-state index < -0.39 is 10.0 Å². The predicted octanol–water partition coefficient (Wildman–Crippen LogP) is 1.74. The van der Waals surface area contributed by atoms with E-state index in [4.69, 9.17) is 5.11 Å². The molecular weight excluding hydrogens is 282 g/mol. The first-order valence-electron chi connectivity index (χ1n) is 6.14. The zero-order valence-corrected chi connectivity index (χ0v) is 12.9. The zero-order chi connectivity index (χ0) is 14.3. The third kappa shape index (κ3) is 6.42. The molecule has 0 aliphatic rings. The predicted molar refractivity (Wildman–Crippen MR) is 80.6 cm³/mol. The fraction of sp³-hybridized carbons (Fsp3) is 0.538. The molecule has 4 nitrogen and oxygen atoms in total. The lowest BCUT2D eigenvalue weighted by atomic mass is 10.2. The van der Waals surface area contributed by atoms with E-state index in [1.54, 1.807) is 36.0 Å². The van der Waals surface area contributed by atoms with Crippen LogP contribution in [0.15, 0.2) is 24.3 Å². The fourth-order valence-corrected chi connectivity index (χ4v) is 3.70. The SMILES string of the molecule is CSCCC(C)NS(=O)(=O)Cc1ccc(CO)cc1. The summed E-state index contributed by atoms with van der Waals surface area (Å²) < 4.78 is 26.6. The summed E-state index contributed by atoms with van der Waals surface area (Å²) in [4.78, 5) is 0. The Hall–Kier alpha value is -0.560. The van der Waals surface area contributed by atoms with Gasteiger partial charge in [0.2, 0.25) is 10.0 Å². The molecule has 1 aromatic rings. The second-order valence-corrected chi connectivity index (χ2v) is 7.27. The Bertz CT molecular complexity index is 471. The van der Waals surface area contributed by atoms with Crippen LogP contribution >= 0.6 is 11.8 Å². The van der Waals surface area contributed by atoms with E-state index in [1.165, 1.54) is 0 Å². The molecule has 0 bridgehead atoms. The third-order valence-electron chi connectivity index (χ3n) is 2.70. The Labute approximate surface area is 119 Å². The van der Waals surface area contributed by atoms with Gasteiger partial charge >= 0.3 is 0 Å². The van der Waals surface area contributed by atoms with Gasteiger partial charge in [-0.15, -0.1) is 0 Å². The Morgan fingerprint density at radius 3 is 2.37 bits per heavy atom. The molecule has 1 unspecified atom stereocenters. The number of nitrogens with one attached hydrogen (secondary N) is 1. The topological polar surface area (TPSA) is 66.4 Å². The van der Waals surface area contributed by atoms with Crippen molar-refractivity contribution in [3.8, 4) is 0 Å². The molecule has 1 rings (SSSR count). The van der Waals surface area contributed by atoms with Gasteiger partial charge in [0.25, 0.3) is 0 Å². The molecule has 0 spiro atoms. The van der Waals surface area contributed by atoms with Gasteiger partial charge in [-0.05, 0) is 36.5 Å². The molecule has 0 aliphatic heterocycles. The van der Waals surface area contributed by atoms with Crippen LogP contribution in [0.5, 0.6) is 0 Å². The Balaban J connectivity index is 2.58. The van der Waals surface area contributed by atoms with Gasteiger partial charge in [0.1, 0.15) is 0 Å². The van der Waals surface area contributed by atoms with Crippen LogP contribution in [0.4, 0.5) is 0 Å². The summed E-state index contributed by atoms with van der Waals surface area (Å²) in [5.41, 5.74) is 1.50. The quantitative estimate of drug-likeness (QED) is 0.768. The van der Waals surface area contributed by atoms with Crippen LogP contribution in [0, 0.1) is 0 Å². The summed E-state index contributed by atoms with van der Waals surface area (Å²) in [6, 6.07) is 6.90. The van der Waals surface area contributed by atoms with E-state index in [-0.39, 0.29) is 18.4 Å². The Morgan fingerprint density at radius 1 is 1.26 bits per heavy atom. The van der Waals surface area contributed by atoms with Gasteiger partial charge < -0.3 is 5.11 Å². The van der Waals surface area contributed by atoms with Gasteiger partial charge in [-0.2, -0.15) is 11.8 Å². The minimum Gasteiger partial charge on any atom is -0.392 e. The Morgan fingerprint density at radius 2 is 1.84 bits per heavy atom. The van der Waals surface area contributed by atoms with E-state index in [0.717, 1.165) is 23.3 Å². The average Bonchev–Trinajstić information content (AvgIpc) is 2.36. The van der Waals surface area contributed by atoms with Crippen molar-refractivity contribution in [2.24, 2.45) is 0 Å². The summed E-state index contributed by atoms with van der Waals surface area (Å²) in [7, 11) is -3.31. The fourth-order valence-electron chi connectivity index (χ4n) is 1.66. The molecule has 19 heavy (non-hydrogen) atoms.